The van der Waals surface area contributed by atoms with Gasteiger partial charge in [0.05, 0.1) is 12.2 Å². The fourth-order valence-corrected chi connectivity index (χ4v) is 4.67. The first-order valence-corrected chi connectivity index (χ1v) is 10.9. The average molecular weight is 410 g/mol. The summed E-state index contributed by atoms with van der Waals surface area (Å²) in [5, 5.41) is 11.1. The van der Waals surface area contributed by atoms with Crippen LogP contribution >= 0.6 is 0 Å². The second kappa shape index (κ2) is 8.60. The SMILES string of the molecule is Cc1nn(Cc2ccccc2)c(C)c1CNCCCN1C(=O)NC2(CCCC2)C1=O. The number of carbonyl (C=O) groups is 2. The van der Waals surface area contributed by atoms with Crippen LogP contribution in [-0.2, 0) is 17.9 Å². The number of carbonyl (C=O) groups excluding carboxylic acids is 2. The maximum absolute atomic E-state index is 12.7. The highest BCUT2D eigenvalue weighted by Crippen LogP contribution is 2.34. The van der Waals surface area contributed by atoms with Crippen LogP contribution in [0.2, 0.25) is 0 Å². The first-order chi connectivity index (χ1) is 14.5. The van der Waals surface area contributed by atoms with E-state index in [2.05, 4.69) is 34.4 Å². The van der Waals surface area contributed by atoms with Crippen LogP contribution in [0.3, 0.4) is 0 Å². The Bertz CT molecular complexity index is 915. The number of rotatable bonds is 8. The highest BCUT2D eigenvalue weighted by Gasteiger charge is 2.51. The van der Waals surface area contributed by atoms with Crippen molar-refractivity contribution in [1.29, 1.82) is 0 Å². The van der Waals surface area contributed by atoms with Crippen LogP contribution in [0, 0.1) is 13.8 Å². The van der Waals surface area contributed by atoms with E-state index in [4.69, 9.17) is 5.10 Å². The minimum atomic E-state index is -0.605. The van der Waals surface area contributed by atoms with Crippen LogP contribution in [0.5, 0.6) is 0 Å². The number of aromatic nitrogens is 2. The van der Waals surface area contributed by atoms with E-state index in [1.807, 2.05) is 25.1 Å². The van der Waals surface area contributed by atoms with Crippen molar-refractivity contribution in [3.63, 3.8) is 0 Å². The highest BCUT2D eigenvalue weighted by molar-refractivity contribution is 6.07. The summed E-state index contributed by atoms with van der Waals surface area (Å²) in [6, 6.07) is 10.1. The Hall–Kier alpha value is -2.67. The van der Waals surface area contributed by atoms with E-state index in [1.165, 1.54) is 21.7 Å². The summed E-state index contributed by atoms with van der Waals surface area (Å²) >= 11 is 0. The summed E-state index contributed by atoms with van der Waals surface area (Å²) in [7, 11) is 0. The van der Waals surface area contributed by atoms with Crippen molar-refractivity contribution in [3.05, 3.63) is 52.8 Å². The van der Waals surface area contributed by atoms with Crippen LogP contribution in [-0.4, -0.2) is 45.2 Å². The van der Waals surface area contributed by atoms with Crippen LogP contribution in [0.1, 0.15) is 54.6 Å². The summed E-state index contributed by atoms with van der Waals surface area (Å²) in [5.74, 6) is -0.0288. The van der Waals surface area contributed by atoms with Crippen molar-refractivity contribution in [2.45, 2.75) is 64.6 Å². The maximum atomic E-state index is 12.7. The predicted molar refractivity (Wildman–Crippen MR) is 115 cm³/mol. The number of urea groups is 1. The summed E-state index contributed by atoms with van der Waals surface area (Å²) in [4.78, 5) is 26.3. The Labute approximate surface area is 177 Å². The summed E-state index contributed by atoms with van der Waals surface area (Å²) in [6.07, 6.45) is 4.32. The molecule has 2 heterocycles. The minimum Gasteiger partial charge on any atom is -0.323 e. The molecule has 7 nitrogen and oxygen atoms in total. The molecule has 7 heteroatoms. The molecule has 4 rings (SSSR count). The van der Waals surface area contributed by atoms with Crippen molar-refractivity contribution in [3.8, 4) is 0 Å². The Kier molecular flexibility index (Phi) is 5.90. The zero-order valence-electron chi connectivity index (χ0n) is 17.9. The maximum Gasteiger partial charge on any atom is 0.325 e. The van der Waals surface area contributed by atoms with E-state index in [1.54, 1.807) is 0 Å². The van der Waals surface area contributed by atoms with Crippen molar-refractivity contribution >= 4 is 11.9 Å². The fourth-order valence-electron chi connectivity index (χ4n) is 4.67. The first kappa shape index (κ1) is 20.6. The van der Waals surface area contributed by atoms with Gasteiger partial charge in [-0.1, -0.05) is 43.2 Å². The van der Waals surface area contributed by atoms with E-state index >= 15 is 0 Å². The number of imide groups is 1. The number of benzene rings is 1. The number of amides is 3. The predicted octanol–water partition coefficient (Wildman–Crippen LogP) is 2.89. The van der Waals surface area contributed by atoms with E-state index in [-0.39, 0.29) is 11.9 Å². The lowest BCUT2D eigenvalue weighted by Gasteiger charge is -2.20. The Morgan fingerprint density at radius 3 is 2.60 bits per heavy atom. The lowest BCUT2D eigenvalue weighted by molar-refractivity contribution is -0.131. The van der Waals surface area contributed by atoms with Gasteiger partial charge in [-0.05, 0) is 45.2 Å². The molecule has 160 valence electrons. The van der Waals surface area contributed by atoms with Gasteiger partial charge in [0.2, 0.25) is 0 Å². The molecule has 2 fully saturated rings. The fraction of sp³-hybridized carbons (Fsp3) is 0.522. The molecule has 1 saturated carbocycles. The van der Waals surface area contributed by atoms with E-state index in [0.29, 0.717) is 6.54 Å². The largest absolute Gasteiger partial charge is 0.325 e. The molecule has 0 radical (unpaired) electrons. The molecule has 2 aliphatic rings. The van der Waals surface area contributed by atoms with E-state index in [9.17, 15) is 9.59 Å². The van der Waals surface area contributed by atoms with E-state index in [0.717, 1.165) is 57.4 Å². The molecule has 2 aromatic rings. The third kappa shape index (κ3) is 3.99. The molecular weight excluding hydrogens is 378 g/mol. The molecule has 1 aromatic carbocycles. The Morgan fingerprint density at radius 2 is 1.87 bits per heavy atom. The smallest absolute Gasteiger partial charge is 0.323 e. The Balaban J connectivity index is 1.26. The van der Waals surface area contributed by atoms with Crippen LogP contribution in [0.25, 0.3) is 0 Å². The molecule has 1 aliphatic carbocycles. The molecule has 0 bridgehead atoms. The zero-order chi connectivity index (χ0) is 21.1. The van der Waals surface area contributed by atoms with Crippen LogP contribution in [0.15, 0.2) is 30.3 Å². The van der Waals surface area contributed by atoms with Gasteiger partial charge in [-0.3, -0.25) is 14.4 Å². The van der Waals surface area contributed by atoms with Gasteiger partial charge in [0.15, 0.2) is 0 Å². The van der Waals surface area contributed by atoms with Crippen LogP contribution < -0.4 is 10.6 Å². The molecule has 1 aliphatic heterocycles. The molecule has 0 unspecified atom stereocenters. The quantitative estimate of drug-likeness (QED) is 0.519. The van der Waals surface area contributed by atoms with Crippen molar-refractivity contribution in [1.82, 2.24) is 25.3 Å². The van der Waals surface area contributed by atoms with Gasteiger partial charge in [-0.15, -0.1) is 0 Å². The van der Waals surface area contributed by atoms with Gasteiger partial charge in [0.1, 0.15) is 5.54 Å². The molecule has 30 heavy (non-hydrogen) atoms. The summed E-state index contributed by atoms with van der Waals surface area (Å²) in [6.45, 7) is 6.85. The molecule has 1 spiro atoms. The topological polar surface area (TPSA) is 79.3 Å². The van der Waals surface area contributed by atoms with Gasteiger partial charge in [0, 0.05) is 24.3 Å². The summed E-state index contributed by atoms with van der Waals surface area (Å²) < 4.78 is 2.05. The zero-order valence-corrected chi connectivity index (χ0v) is 17.9. The number of nitrogens with zero attached hydrogens (tertiary/aromatic N) is 3. The van der Waals surface area contributed by atoms with Gasteiger partial charge in [-0.2, -0.15) is 5.10 Å². The number of aryl methyl sites for hydroxylation is 1. The second-order valence-corrected chi connectivity index (χ2v) is 8.50. The third-order valence-corrected chi connectivity index (χ3v) is 6.45. The first-order valence-electron chi connectivity index (χ1n) is 10.9. The Morgan fingerprint density at radius 1 is 1.13 bits per heavy atom. The molecule has 1 saturated heterocycles. The summed E-state index contributed by atoms with van der Waals surface area (Å²) in [5.41, 5.74) is 4.04. The van der Waals surface area contributed by atoms with Gasteiger partial charge < -0.3 is 10.6 Å². The normalized spacial score (nSPS) is 17.9. The van der Waals surface area contributed by atoms with Crippen molar-refractivity contribution in [2.24, 2.45) is 0 Å². The minimum absolute atomic E-state index is 0.0288. The second-order valence-electron chi connectivity index (χ2n) is 8.50. The molecule has 0 atom stereocenters. The number of hydrogen-bond acceptors (Lipinski definition) is 4. The van der Waals surface area contributed by atoms with E-state index < -0.39 is 5.54 Å². The number of hydrogen-bond donors (Lipinski definition) is 2. The highest BCUT2D eigenvalue weighted by atomic mass is 16.2. The molecule has 1 aromatic heterocycles. The molecule has 2 N–H and O–H groups in total. The molecule has 3 amide bonds. The van der Waals surface area contributed by atoms with Crippen molar-refractivity contribution < 1.29 is 9.59 Å². The van der Waals surface area contributed by atoms with Gasteiger partial charge in [-0.25, -0.2) is 4.79 Å². The van der Waals surface area contributed by atoms with Crippen LogP contribution in [0.4, 0.5) is 4.79 Å². The number of nitrogens with one attached hydrogen (secondary N) is 2. The monoisotopic (exact) mass is 409 g/mol. The van der Waals surface area contributed by atoms with Gasteiger partial charge >= 0.3 is 6.03 Å². The lowest BCUT2D eigenvalue weighted by Crippen LogP contribution is -2.44. The van der Waals surface area contributed by atoms with Gasteiger partial charge in [0.25, 0.3) is 5.91 Å². The standard InChI is InChI=1S/C23H31N5O2/c1-17-20(18(2)28(26-17)16-19-9-4-3-5-10-19)15-24-13-8-14-27-21(29)23(25-22(27)30)11-6-7-12-23/h3-5,9-10,24H,6-8,11-16H2,1-2H3,(H,25,30). The van der Waals surface area contributed by atoms with Crippen molar-refractivity contribution in [2.75, 3.05) is 13.1 Å². The lowest BCUT2D eigenvalue weighted by atomic mass is 9.98. The third-order valence-electron chi connectivity index (χ3n) is 6.45. The molecular formula is C23H31N5O2. The average Bonchev–Trinajstić information content (AvgIpc) is 3.37.